The molecule has 0 unspecified atom stereocenters. The fraction of sp³-hybridized carbons (Fsp3) is 0.353. The molecule has 0 aliphatic carbocycles. The van der Waals surface area contributed by atoms with E-state index in [1.54, 1.807) is 24.2 Å². The van der Waals surface area contributed by atoms with E-state index in [2.05, 4.69) is 27.4 Å². The van der Waals surface area contributed by atoms with Gasteiger partial charge in [-0.15, -0.1) is 11.8 Å². The van der Waals surface area contributed by atoms with Crippen LogP contribution >= 0.6 is 11.8 Å². The summed E-state index contributed by atoms with van der Waals surface area (Å²) >= 11 is 1.56. The second kappa shape index (κ2) is 7.00. The van der Waals surface area contributed by atoms with Crippen molar-refractivity contribution >= 4 is 23.5 Å². The van der Waals surface area contributed by atoms with Gasteiger partial charge in [-0.05, 0) is 11.8 Å². The molecule has 23 heavy (non-hydrogen) atoms. The first-order valence-electron chi connectivity index (χ1n) is 7.59. The van der Waals surface area contributed by atoms with E-state index in [-0.39, 0.29) is 17.9 Å². The second-order valence-electron chi connectivity index (χ2n) is 5.65. The molecule has 1 aromatic heterocycles. The molecule has 2 atom stereocenters. The second-order valence-corrected chi connectivity index (χ2v) is 6.48. The summed E-state index contributed by atoms with van der Waals surface area (Å²) in [6.07, 6.45) is 6.00. The molecule has 0 bridgehead atoms. The number of rotatable bonds is 5. The van der Waals surface area contributed by atoms with Crippen molar-refractivity contribution in [3.05, 3.63) is 48.3 Å². The molecule has 1 aliphatic rings. The number of nitrogens with zero attached hydrogens (tertiary/aromatic N) is 3. The zero-order chi connectivity index (χ0) is 16.2. The highest BCUT2D eigenvalue weighted by atomic mass is 32.2. The molecular weight excluding hydrogens is 308 g/mol. The molecule has 1 fully saturated rings. The molecule has 0 radical (unpaired) electrons. The Morgan fingerprint density at radius 2 is 2.09 bits per heavy atom. The van der Waals surface area contributed by atoms with Gasteiger partial charge in [-0.3, -0.25) is 9.78 Å². The molecule has 120 valence electrons. The number of likely N-dealkylation sites (tertiary alicyclic amines) is 1. The molecule has 1 amide bonds. The summed E-state index contributed by atoms with van der Waals surface area (Å²) in [4.78, 5) is 22.7. The van der Waals surface area contributed by atoms with Crippen molar-refractivity contribution in [2.75, 3.05) is 25.2 Å². The molecule has 3 rings (SSSR count). The van der Waals surface area contributed by atoms with E-state index in [0.29, 0.717) is 13.0 Å². The van der Waals surface area contributed by atoms with E-state index in [0.717, 1.165) is 10.8 Å². The predicted molar refractivity (Wildman–Crippen MR) is 92.4 cm³/mol. The third kappa shape index (κ3) is 3.47. The average molecular weight is 328 g/mol. The number of thioether (sulfide) groups is 1. The van der Waals surface area contributed by atoms with Gasteiger partial charge in [0.05, 0.1) is 18.4 Å². The topological polar surface area (TPSA) is 58.1 Å². The summed E-state index contributed by atoms with van der Waals surface area (Å²) < 4.78 is 0. The number of benzene rings is 1. The fourth-order valence-corrected chi connectivity index (χ4v) is 3.40. The van der Waals surface area contributed by atoms with Crippen LogP contribution in [0, 0.1) is 5.92 Å². The van der Waals surface area contributed by atoms with Crippen LogP contribution in [0.5, 0.6) is 0 Å². The number of aromatic nitrogens is 2. The number of hydrogen-bond donors (Lipinski definition) is 1. The number of anilines is 1. The molecular formula is C17H20N4OS. The van der Waals surface area contributed by atoms with Crippen LogP contribution < -0.4 is 5.32 Å². The maximum atomic E-state index is 12.1. The van der Waals surface area contributed by atoms with Crippen LogP contribution in [-0.4, -0.2) is 40.6 Å². The summed E-state index contributed by atoms with van der Waals surface area (Å²) in [5, 5.41) is 4.22. The van der Waals surface area contributed by atoms with Crippen molar-refractivity contribution in [3.63, 3.8) is 0 Å². The van der Waals surface area contributed by atoms with Crippen molar-refractivity contribution in [2.24, 2.45) is 5.92 Å². The zero-order valence-electron chi connectivity index (χ0n) is 13.3. The Morgan fingerprint density at radius 3 is 2.83 bits per heavy atom. The van der Waals surface area contributed by atoms with Crippen LogP contribution in [0.4, 0.5) is 5.82 Å². The van der Waals surface area contributed by atoms with Gasteiger partial charge < -0.3 is 10.2 Å². The minimum atomic E-state index is 0.105. The molecule has 2 heterocycles. The average Bonchev–Trinajstić information content (AvgIpc) is 2.88. The maximum absolute atomic E-state index is 12.1. The minimum absolute atomic E-state index is 0.105. The lowest BCUT2D eigenvalue weighted by Crippen LogP contribution is -2.26. The van der Waals surface area contributed by atoms with Crippen molar-refractivity contribution in [2.45, 2.75) is 17.5 Å². The Hall–Kier alpha value is -2.08. The normalized spacial score (nSPS) is 20.8. The van der Waals surface area contributed by atoms with Gasteiger partial charge in [0, 0.05) is 25.9 Å². The summed E-state index contributed by atoms with van der Waals surface area (Å²) in [6.45, 7) is 0.697. The van der Waals surface area contributed by atoms with Gasteiger partial charge >= 0.3 is 0 Å². The number of hydrogen-bond acceptors (Lipinski definition) is 5. The predicted octanol–water partition coefficient (Wildman–Crippen LogP) is 2.83. The van der Waals surface area contributed by atoms with Crippen LogP contribution in [0.15, 0.2) is 47.8 Å². The Bertz CT molecular complexity index is 679. The van der Waals surface area contributed by atoms with E-state index in [1.807, 2.05) is 36.4 Å². The zero-order valence-corrected chi connectivity index (χ0v) is 14.1. The number of amides is 1. The van der Waals surface area contributed by atoms with Crippen LogP contribution in [0.1, 0.15) is 18.0 Å². The van der Waals surface area contributed by atoms with Gasteiger partial charge in [0.15, 0.2) is 0 Å². The number of carbonyl (C=O) groups excluding carboxylic acids is 1. The lowest BCUT2D eigenvalue weighted by molar-refractivity contribution is -0.127. The SMILES string of the molecule is CSc1cncc(NC[C@@H]2CC(=O)N(C)[C@@H]2c2ccccc2)n1. The highest BCUT2D eigenvalue weighted by molar-refractivity contribution is 7.98. The lowest BCUT2D eigenvalue weighted by Gasteiger charge is -2.25. The van der Waals surface area contributed by atoms with Crippen molar-refractivity contribution in [1.29, 1.82) is 0 Å². The molecule has 1 saturated heterocycles. The third-order valence-electron chi connectivity index (χ3n) is 4.20. The number of nitrogens with one attached hydrogen (secondary N) is 1. The van der Waals surface area contributed by atoms with E-state index >= 15 is 0 Å². The molecule has 1 aliphatic heterocycles. The fourth-order valence-electron chi connectivity index (χ4n) is 3.05. The third-order valence-corrected chi connectivity index (χ3v) is 4.82. The van der Waals surface area contributed by atoms with E-state index in [4.69, 9.17) is 0 Å². The van der Waals surface area contributed by atoms with Crippen LogP contribution in [-0.2, 0) is 4.79 Å². The van der Waals surface area contributed by atoms with Crippen molar-refractivity contribution in [1.82, 2.24) is 14.9 Å². The molecule has 1 aromatic carbocycles. The molecule has 2 aromatic rings. The van der Waals surface area contributed by atoms with Crippen molar-refractivity contribution in [3.8, 4) is 0 Å². The Balaban J connectivity index is 1.74. The molecule has 0 spiro atoms. The van der Waals surface area contributed by atoms with E-state index < -0.39 is 0 Å². The summed E-state index contributed by atoms with van der Waals surface area (Å²) in [6, 6.07) is 10.3. The largest absolute Gasteiger partial charge is 0.368 e. The monoisotopic (exact) mass is 328 g/mol. The smallest absolute Gasteiger partial charge is 0.223 e. The van der Waals surface area contributed by atoms with Gasteiger partial charge in [0.25, 0.3) is 0 Å². The molecule has 5 nitrogen and oxygen atoms in total. The molecule has 6 heteroatoms. The van der Waals surface area contributed by atoms with E-state index in [9.17, 15) is 4.79 Å². The van der Waals surface area contributed by atoms with Gasteiger partial charge in [0.1, 0.15) is 10.8 Å². The first-order valence-corrected chi connectivity index (χ1v) is 8.82. The minimum Gasteiger partial charge on any atom is -0.368 e. The van der Waals surface area contributed by atoms with Gasteiger partial charge in [0.2, 0.25) is 5.91 Å². The standard InChI is InChI=1S/C17H20N4OS/c1-21-16(22)8-13(17(21)12-6-4-3-5-7-12)9-19-14-10-18-11-15(20-14)23-2/h3-7,10-11,13,17H,8-9H2,1-2H3,(H,19,20)/t13-,17+/m0/s1. The van der Waals surface area contributed by atoms with Crippen molar-refractivity contribution < 1.29 is 4.79 Å². The first-order chi connectivity index (χ1) is 11.2. The highest BCUT2D eigenvalue weighted by Gasteiger charge is 2.38. The maximum Gasteiger partial charge on any atom is 0.223 e. The van der Waals surface area contributed by atoms with Gasteiger partial charge in [-0.1, -0.05) is 30.3 Å². The molecule has 1 N–H and O–H groups in total. The Morgan fingerprint density at radius 1 is 1.30 bits per heavy atom. The van der Waals surface area contributed by atoms with Crippen LogP contribution in [0.2, 0.25) is 0 Å². The summed E-state index contributed by atoms with van der Waals surface area (Å²) in [5.41, 5.74) is 1.18. The number of carbonyl (C=O) groups is 1. The Labute approximate surface area is 140 Å². The lowest BCUT2D eigenvalue weighted by atomic mass is 9.93. The Kier molecular flexibility index (Phi) is 4.81. The quantitative estimate of drug-likeness (QED) is 0.855. The highest BCUT2D eigenvalue weighted by Crippen LogP contribution is 2.36. The summed E-state index contributed by atoms with van der Waals surface area (Å²) in [5.74, 6) is 1.16. The van der Waals surface area contributed by atoms with Crippen LogP contribution in [0.3, 0.4) is 0 Å². The first kappa shape index (κ1) is 15.8. The van der Waals surface area contributed by atoms with E-state index in [1.165, 1.54) is 5.56 Å². The summed E-state index contributed by atoms with van der Waals surface area (Å²) in [7, 11) is 1.88. The van der Waals surface area contributed by atoms with Gasteiger partial charge in [-0.2, -0.15) is 0 Å². The molecule has 0 saturated carbocycles. The van der Waals surface area contributed by atoms with Gasteiger partial charge in [-0.25, -0.2) is 4.98 Å². The van der Waals surface area contributed by atoms with Crippen LogP contribution in [0.25, 0.3) is 0 Å².